The molecule has 0 atom stereocenters. The fraction of sp³-hybridized carbons (Fsp3) is 0.950. The van der Waals surface area contributed by atoms with Crippen LogP contribution in [0.1, 0.15) is 117 Å². The van der Waals surface area contributed by atoms with Crippen molar-refractivity contribution in [3.05, 3.63) is 0 Å². The van der Waals surface area contributed by atoms with Crippen molar-refractivity contribution >= 4 is 16.4 Å². The monoisotopic (exact) mass is 428 g/mol. The predicted octanol–water partition coefficient (Wildman–Crippen LogP) is 5.68. The number of rotatable bonds is 16. The van der Waals surface area contributed by atoms with Gasteiger partial charge < -0.3 is 10.2 Å². The van der Waals surface area contributed by atoms with Crippen LogP contribution >= 0.6 is 0 Å². The van der Waals surface area contributed by atoms with Gasteiger partial charge in [-0.1, -0.05) is 96.8 Å². The molecule has 0 aliphatic rings. The van der Waals surface area contributed by atoms with Gasteiger partial charge in [0, 0.05) is 13.0 Å². The van der Waals surface area contributed by atoms with Crippen molar-refractivity contribution in [3.63, 3.8) is 0 Å². The summed E-state index contributed by atoms with van der Waals surface area (Å²) in [6.07, 6.45) is 20.2. The second-order valence-corrected chi connectivity index (χ2v) is 7.75. The Hall–Kier alpha value is -0.700. The van der Waals surface area contributed by atoms with Crippen LogP contribution in [0.15, 0.2) is 0 Å². The fourth-order valence-corrected chi connectivity index (χ4v) is 2.65. The van der Waals surface area contributed by atoms with Crippen LogP contribution < -0.4 is 0 Å². The highest BCUT2D eigenvalue weighted by molar-refractivity contribution is 7.79. The van der Waals surface area contributed by atoms with Crippen LogP contribution in [-0.2, 0) is 15.2 Å². The first kappa shape index (κ1) is 32.0. The van der Waals surface area contributed by atoms with Gasteiger partial charge in [0.15, 0.2) is 0 Å². The molecule has 0 unspecified atom stereocenters. The van der Waals surface area contributed by atoms with E-state index in [4.69, 9.17) is 27.7 Å². The first-order valence-corrected chi connectivity index (χ1v) is 12.1. The largest absolute Gasteiger partial charge is 0.481 e. The molecule has 28 heavy (non-hydrogen) atoms. The summed E-state index contributed by atoms with van der Waals surface area (Å²) >= 11 is 0. The average Bonchev–Trinajstić information content (AvgIpc) is 2.57. The van der Waals surface area contributed by atoms with Crippen LogP contribution in [0.2, 0.25) is 0 Å². The van der Waals surface area contributed by atoms with E-state index in [9.17, 15) is 4.79 Å². The van der Waals surface area contributed by atoms with Crippen molar-refractivity contribution < 1.29 is 32.5 Å². The van der Waals surface area contributed by atoms with Gasteiger partial charge in [0.1, 0.15) is 0 Å². The lowest BCUT2D eigenvalue weighted by Gasteiger charge is -2.03. The molecule has 7 nitrogen and oxygen atoms in total. The number of unbranched alkanes of at least 4 members (excludes halogenated alkanes) is 14. The minimum atomic E-state index is -4.67. The minimum absolute atomic E-state index is 0.250. The lowest BCUT2D eigenvalue weighted by atomic mass is 10.0. The van der Waals surface area contributed by atoms with Crippen molar-refractivity contribution in [1.29, 1.82) is 0 Å². The molecule has 0 heterocycles. The van der Waals surface area contributed by atoms with Crippen LogP contribution in [0.4, 0.5) is 0 Å². The van der Waals surface area contributed by atoms with E-state index in [1.165, 1.54) is 83.5 Å². The SMILES string of the molecule is CCCCCCCCCCCCCCCCCC(=O)O.CCO.O=S(=O)(O)O. The summed E-state index contributed by atoms with van der Waals surface area (Å²) in [7, 11) is -4.67. The van der Waals surface area contributed by atoms with E-state index >= 15 is 0 Å². The van der Waals surface area contributed by atoms with E-state index in [1.54, 1.807) is 6.92 Å². The molecule has 8 heteroatoms. The van der Waals surface area contributed by atoms with Crippen molar-refractivity contribution in [2.45, 2.75) is 117 Å². The number of hydrogen-bond acceptors (Lipinski definition) is 4. The summed E-state index contributed by atoms with van der Waals surface area (Å²) in [6.45, 7) is 4.20. The zero-order valence-electron chi connectivity index (χ0n) is 17.9. The third-order valence-corrected chi connectivity index (χ3v) is 3.99. The molecule has 0 spiro atoms. The van der Waals surface area contributed by atoms with E-state index in [-0.39, 0.29) is 6.61 Å². The van der Waals surface area contributed by atoms with Crippen LogP contribution in [0, 0.1) is 0 Å². The molecular formula is C20H44O7S. The molecule has 0 aliphatic carbocycles. The summed E-state index contributed by atoms with van der Waals surface area (Å²) in [4.78, 5) is 10.3. The number of aliphatic hydroxyl groups excluding tert-OH is 1. The molecule has 0 aromatic carbocycles. The first-order valence-electron chi connectivity index (χ1n) is 10.7. The lowest BCUT2D eigenvalue weighted by Crippen LogP contribution is -1.93. The zero-order chi connectivity index (χ0) is 22.1. The van der Waals surface area contributed by atoms with Crippen molar-refractivity contribution in [3.8, 4) is 0 Å². The highest BCUT2D eigenvalue weighted by Gasteiger charge is 1.97. The Bertz CT molecular complexity index is 389. The van der Waals surface area contributed by atoms with Gasteiger partial charge in [-0.05, 0) is 13.3 Å². The van der Waals surface area contributed by atoms with Crippen molar-refractivity contribution in [2.24, 2.45) is 0 Å². The molecule has 0 aromatic heterocycles. The maximum absolute atomic E-state index is 10.3. The highest BCUT2D eigenvalue weighted by atomic mass is 32.3. The minimum Gasteiger partial charge on any atom is -0.481 e. The Morgan fingerprint density at radius 2 is 0.857 bits per heavy atom. The molecule has 0 aliphatic heterocycles. The Labute approximate surface area is 172 Å². The quantitative estimate of drug-likeness (QED) is 0.184. The van der Waals surface area contributed by atoms with Gasteiger partial charge in [-0.3, -0.25) is 13.9 Å². The van der Waals surface area contributed by atoms with E-state index in [0.717, 1.165) is 12.8 Å². The normalized spacial score (nSPS) is 10.5. The molecule has 0 fully saturated rings. The van der Waals surface area contributed by atoms with Crippen molar-refractivity contribution in [2.75, 3.05) is 6.61 Å². The highest BCUT2D eigenvalue weighted by Crippen LogP contribution is 2.13. The van der Waals surface area contributed by atoms with Gasteiger partial charge in [0.2, 0.25) is 0 Å². The van der Waals surface area contributed by atoms with Crippen LogP contribution in [0.25, 0.3) is 0 Å². The molecule has 172 valence electrons. The smallest absolute Gasteiger partial charge is 0.394 e. The summed E-state index contributed by atoms with van der Waals surface area (Å²) < 4.78 is 31.6. The van der Waals surface area contributed by atoms with E-state index in [0.29, 0.717) is 6.42 Å². The Kier molecular flexibility index (Phi) is 30.0. The van der Waals surface area contributed by atoms with E-state index < -0.39 is 16.4 Å². The standard InChI is InChI=1S/C18H36O2.C2H6O.H2O4S/c1-2-3-4-5-6-7-8-9-10-11-12-13-14-15-16-17-18(19)20;1-2-3;1-5(2,3)4/h2-17H2,1H3,(H,19,20);3H,2H2,1H3;(H2,1,2,3,4). The first-order chi connectivity index (χ1) is 13.2. The lowest BCUT2D eigenvalue weighted by molar-refractivity contribution is -0.137. The number of carboxylic acids is 1. The average molecular weight is 429 g/mol. The number of carbonyl (C=O) groups is 1. The summed E-state index contributed by atoms with van der Waals surface area (Å²) in [5.74, 6) is -0.653. The topological polar surface area (TPSA) is 132 Å². The number of aliphatic carboxylic acids is 1. The summed E-state index contributed by atoms with van der Waals surface area (Å²) in [5, 5.41) is 16.1. The summed E-state index contributed by atoms with van der Waals surface area (Å²) in [6, 6.07) is 0. The number of carboxylic acid groups (broad SMARTS) is 1. The molecule has 0 radical (unpaired) electrons. The molecule has 0 saturated carbocycles. The van der Waals surface area contributed by atoms with Gasteiger partial charge in [-0.25, -0.2) is 0 Å². The second-order valence-electron chi connectivity index (χ2n) is 6.86. The van der Waals surface area contributed by atoms with E-state index in [2.05, 4.69) is 6.92 Å². The van der Waals surface area contributed by atoms with Gasteiger partial charge in [-0.2, -0.15) is 8.42 Å². The Balaban J connectivity index is -0.000000657. The van der Waals surface area contributed by atoms with E-state index in [1.807, 2.05) is 0 Å². The third-order valence-electron chi connectivity index (χ3n) is 3.99. The molecule has 0 aromatic rings. The zero-order valence-corrected chi connectivity index (χ0v) is 18.8. The summed E-state index contributed by atoms with van der Waals surface area (Å²) in [5.41, 5.74) is 0. The van der Waals surface area contributed by atoms with Crippen LogP contribution in [0.5, 0.6) is 0 Å². The molecular weight excluding hydrogens is 384 g/mol. The fourth-order valence-electron chi connectivity index (χ4n) is 2.65. The Morgan fingerprint density at radius 1 is 0.643 bits per heavy atom. The number of hydrogen-bond donors (Lipinski definition) is 4. The van der Waals surface area contributed by atoms with Gasteiger partial charge in [0.25, 0.3) is 0 Å². The molecule has 4 N–H and O–H groups in total. The molecule has 0 rings (SSSR count). The Morgan fingerprint density at radius 3 is 1.07 bits per heavy atom. The maximum atomic E-state index is 10.3. The van der Waals surface area contributed by atoms with Gasteiger partial charge in [0.05, 0.1) is 0 Å². The second kappa shape index (κ2) is 26.3. The molecule has 0 bridgehead atoms. The number of aliphatic hydroxyl groups is 1. The molecule has 0 amide bonds. The third kappa shape index (κ3) is 56.2. The van der Waals surface area contributed by atoms with Gasteiger partial charge >= 0.3 is 16.4 Å². The van der Waals surface area contributed by atoms with Crippen LogP contribution in [0.3, 0.4) is 0 Å². The van der Waals surface area contributed by atoms with Crippen LogP contribution in [-0.4, -0.2) is 40.3 Å². The van der Waals surface area contributed by atoms with Gasteiger partial charge in [-0.15, -0.1) is 0 Å². The molecule has 0 saturated heterocycles. The van der Waals surface area contributed by atoms with Crippen molar-refractivity contribution in [1.82, 2.24) is 0 Å². The maximum Gasteiger partial charge on any atom is 0.394 e. The predicted molar refractivity (Wildman–Crippen MR) is 114 cm³/mol.